The smallest absolute Gasteiger partial charge is 0.194 e. The predicted octanol–water partition coefficient (Wildman–Crippen LogP) is 3.12. The van der Waals surface area contributed by atoms with Gasteiger partial charge in [0, 0.05) is 33.3 Å². The topological polar surface area (TPSA) is 67.6 Å². The Balaban J connectivity index is 1.68. The summed E-state index contributed by atoms with van der Waals surface area (Å²) in [5, 5.41) is 7.51. The van der Waals surface area contributed by atoms with Crippen molar-refractivity contribution in [1.29, 1.82) is 0 Å². The van der Waals surface area contributed by atoms with Gasteiger partial charge in [0.1, 0.15) is 23.7 Å². The molecule has 3 aromatic rings. The van der Waals surface area contributed by atoms with E-state index in [0.717, 1.165) is 34.4 Å². The van der Waals surface area contributed by atoms with Crippen molar-refractivity contribution in [2.75, 3.05) is 14.1 Å². The molecular formula is C21H26N6O. The van der Waals surface area contributed by atoms with Gasteiger partial charge in [-0.2, -0.15) is 5.10 Å². The van der Waals surface area contributed by atoms with Gasteiger partial charge in [0.15, 0.2) is 5.96 Å². The molecule has 1 heterocycles. The van der Waals surface area contributed by atoms with Gasteiger partial charge in [0.25, 0.3) is 0 Å². The zero-order chi connectivity index (χ0) is 19.9. The second-order valence-corrected chi connectivity index (χ2v) is 6.53. The van der Waals surface area contributed by atoms with Gasteiger partial charge in [-0.15, -0.1) is 0 Å². The zero-order valence-corrected chi connectivity index (χ0v) is 16.8. The predicted molar refractivity (Wildman–Crippen MR) is 110 cm³/mol. The number of aliphatic imine (C=N–C) groups is 1. The first kappa shape index (κ1) is 19.4. The number of hydrogen-bond donors (Lipinski definition) is 1. The van der Waals surface area contributed by atoms with Gasteiger partial charge in [-0.3, -0.25) is 9.67 Å². The minimum Gasteiger partial charge on any atom is -0.457 e. The van der Waals surface area contributed by atoms with Crippen LogP contribution in [-0.4, -0.2) is 39.7 Å². The van der Waals surface area contributed by atoms with Gasteiger partial charge in [0.05, 0.1) is 6.54 Å². The van der Waals surface area contributed by atoms with E-state index >= 15 is 0 Å². The van der Waals surface area contributed by atoms with Crippen molar-refractivity contribution in [3.8, 4) is 11.5 Å². The molecule has 2 aromatic carbocycles. The highest BCUT2D eigenvalue weighted by Crippen LogP contribution is 2.27. The Morgan fingerprint density at radius 1 is 1.14 bits per heavy atom. The Kier molecular flexibility index (Phi) is 6.26. The molecular weight excluding hydrogens is 352 g/mol. The van der Waals surface area contributed by atoms with Gasteiger partial charge in [0.2, 0.25) is 0 Å². The van der Waals surface area contributed by atoms with Crippen LogP contribution in [0, 0.1) is 6.92 Å². The maximum atomic E-state index is 6.15. The van der Waals surface area contributed by atoms with Crippen molar-refractivity contribution >= 4 is 5.96 Å². The normalized spacial score (nSPS) is 11.4. The molecule has 1 aromatic heterocycles. The molecule has 0 unspecified atom stereocenters. The Morgan fingerprint density at radius 2 is 1.86 bits per heavy atom. The van der Waals surface area contributed by atoms with E-state index in [0.29, 0.717) is 13.1 Å². The highest BCUT2D eigenvalue weighted by molar-refractivity contribution is 5.79. The summed E-state index contributed by atoms with van der Waals surface area (Å²) in [5.74, 6) is 3.33. The number of benzene rings is 2. The van der Waals surface area contributed by atoms with E-state index in [-0.39, 0.29) is 0 Å². The summed E-state index contributed by atoms with van der Waals surface area (Å²) < 4.78 is 7.91. The maximum absolute atomic E-state index is 6.15. The van der Waals surface area contributed by atoms with E-state index in [9.17, 15) is 0 Å². The average Bonchev–Trinajstić information content (AvgIpc) is 3.10. The van der Waals surface area contributed by atoms with Crippen molar-refractivity contribution in [1.82, 2.24) is 25.0 Å². The van der Waals surface area contributed by atoms with Crippen LogP contribution in [0.15, 0.2) is 59.9 Å². The fraction of sp³-hybridized carbons (Fsp3) is 0.286. The molecule has 0 atom stereocenters. The van der Waals surface area contributed by atoms with Crippen molar-refractivity contribution in [2.24, 2.45) is 12.0 Å². The Morgan fingerprint density at radius 3 is 2.54 bits per heavy atom. The van der Waals surface area contributed by atoms with Crippen molar-refractivity contribution < 1.29 is 4.74 Å². The molecule has 0 aliphatic rings. The van der Waals surface area contributed by atoms with E-state index in [1.807, 2.05) is 68.4 Å². The molecule has 0 fully saturated rings. The SMILES string of the molecule is CN=C(NCc1ccccc1Oc1ccccc1C)N(C)Cc1ncnn1C. The number of rotatable bonds is 6. The molecule has 146 valence electrons. The molecule has 0 amide bonds. The second kappa shape index (κ2) is 9.03. The first-order valence-electron chi connectivity index (χ1n) is 9.14. The lowest BCUT2D eigenvalue weighted by atomic mass is 10.2. The fourth-order valence-electron chi connectivity index (χ4n) is 2.85. The molecule has 0 spiro atoms. The van der Waals surface area contributed by atoms with Crippen LogP contribution in [0.2, 0.25) is 0 Å². The summed E-state index contributed by atoms with van der Waals surface area (Å²) >= 11 is 0. The average molecular weight is 378 g/mol. The van der Waals surface area contributed by atoms with Crippen LogP contribution in [0.1, 0.15) is 17.0 Å². The molecule has 0 saturated heterocycles. The van der Waals surface area contributed by atoms with Gasteiger partial charge < -0.3 is 15.0 Å². The van der Waals surface area contributed by atoms with Gasteiger partial charge in [-0.25, -0.2) is 4.98 Å². The standard InChI is InChI=1S/C21H26N6O/c1-16-9-5-7-11-18(16)28-19-12-8-6-10-17(19)13-23-21(22-2)26(3)14-20-24-15-25-27(20)4/h5-12,15H,13-14H2,1-4H3,(H,22,23). The summed E-state index contributed by atoms with van der Waals surface area (Å²) in [6.07, 6.45) is 1.55. The third kappa shape index (κ3) is 4.68. The Hall–Kier alpha value is -3.35. The van der Waals surface area contributed by atoms with E-state index in [2.05, 4.69) is 26.5 Å². The van der Waals surface area contributed by atoms with E-state index < -0.39 is 0 Å². The quantitative estimate of drug-likeness (QED) is 0.527. The van der Waals surface area contributed by atoms with Crippen LogP contribution < -0.4 is 10.1 Å². The molecule has 7 nitrogen and oxygen atoms in total. The maximum Gasteiger partial charge on any atom is 0.194 e. The number of nitrogens with zero attached hydrogens (tertiary/aromatic N) is 5. The molecule has 28 heavy (non-hydrogen) atoms. The van der Waals surface area contributed by atoms with Crippen LogP contribution in [-0.2, 0) is 20.1 Å². The number of guanidine groups is 1. The fourth-order valence-corrected chi connectivity index (χ4v) is 2.85. The largest absolute Gasteiger partial charge is 0.457 e. The lowest BCUT2D eigenvalue weighted by Gasteiger charge is -2.22. The number of nitrogens with one attached hydrogen (secondary N) is 1. The number of aromatic nitrogens is 3. The minimum atomic E-state index is 0.595. The molecule has 0 saturated carbocycles. The summed E-state index contributed by atoms with van der Waals surface area (Å²) in [4.78, 5) is 10.7. The molecule has 1 N–H and O–H groups in total. The van der Waals surface area contributed by atoms with Crippen LogP contribution in [0.25, 0.3) is 0 Å². The first-order chi connectivity index (χ1) is 13.6. The molecule has 7 heteroatoms. The first-order valence-corrected chi connectivity index (χ1v) is 9.14. The van der Waals surface area contributed by atoms with Crippen LogP contribution in [0.4, 0.5) is 0 Å². The lowest BCUT2D eigenvalue weighted by Crippen LogP contribution is -2.38. The van der Waals surface area contributed by atoms with Crippen LogP contribution in [0.5, 0.6) is 11.5 Å². The Labute approximate surface area is 165 Å². The molecule has 0 aliphatic carbocycles. The second-order valence-electron chi connectivity index (χ2n) is 6.53. The third-order valence-corrected chi connectivity index (χ3v) is 4.48. The van der Waals surface area contributed by atoms with Crippen molar-refractivity contribution in [3.05, 3.63) is 71.8 Å². The third-order valence-electron chi connectivity index (χ3n) is 4.48. The van der Waals surface area contributed by atoms with E-state index in [4.69, 9.17) is 4.74 Å². The summed E-state index contributed by atoms with van der Waals surface area (Å²) in [6, 6.07) is 16.0. The van der Waals surface area contributed by atoms with Gasteiger partial charge in [-0.1, -0.05) is 36.4 Å². The highest BCUT2D eigenvalue weighted by atomic mass is 16.5. The molecule has 0 radical (unpaired) electrons. The Bertz CT molecular complexity index is 949. The van der Waals surface area contributed by atoms with Crippen molar-refractivity contribution in [2.45, 2.75) is 20.0 Å². The number of hydrogen-bond acceptors (Lipinski definition) is 4. The summed E-state index contributed by atoms with van der Waals surface area (Å²) in [7, 11) is 5.62. The van der Waals surface area contributed by atoms with E-state index in [1.54, 1.807) is 18.1 Å². The van der Waals surface area contributed by atoms with Crippen molar-refractivity contribution in [3.63, 3.8) is 0 Å². The highest BCUT2D eigenvalue weighted by Gasteiger charge is 2.12. The molecule has 0 bridgehead atoms. The molecule has 3 rings (SSSR count). The van der Waals surface area contributed by atoms with Crippen LogP contribution >= 0.6 is 0 Å². The summed E-state index contributed by atoms with van der Waals surface area (Å²) in [5.41, 5.74) is 2.16. The number of ether oxygens (including phenoxy) is 1. The summed E-state index contributed by atoms with van der Waals surface area (Å²) in [6.45, 7) is 3.24. The molecule has 0 aliphatic heterocycles. The van der Waals surface area contributed by atoms with Crippen LogP contribution in [0.3, 0.4) is 0 Å². The lowest BCUT2D eigenvalue weighted by molar-refractivity contribution is 0.445. The van der Waals surface area contributed by atoms with Gasteiger partial charge >= 0.3 is 0 Å². The monoisotopic (exact) mass is 378 g/mol. The van der Waals surface area contributed by atoms with Gasteiger partial charge in [-0.05, 0) is 24.6 Å². The zero-order valence-electron chi connectivity index (χ0n) is 16.8. The number of para-hydroxylation sites is 2. The van der Waals surface area contributed by atoms with E-state index in [1.165, 1.54) is 0 Å². The number of aryl methyl sites for hydroxylation is 2. The minimum absolute atomic E-state index is 0.595.